The average molecular weight is 203 g/mol. The van der Waals surface area contributed by atoms with Crippen molar-refractivity contribution in [3.8, 4) is 0 Å². The van der Waals surface area contributed by atoms with Gasteiger partial charge in [0.2, 0.25) is 0 Å². The monoisotopic (exact) mass is 203 g/mol. The van der Waals surface area contributed by atoms with Crippen molar-refractivity contribution >= 4 is 5.97 Å². The van der Waals surface area contributed by atoms with Crippen LogP contribution in [0.5, 0.6) is 0 Å². The fraction of sp³-hybridized carbons (Fsp3) is 0.900. The first-order valence-corrected chi connectivity index (χ1v) is 5.15. The van der Waals surface area contributed by atoms with E-state index in [-0.39, 0.29) is 12.5 Å². The Morgan fingerprint density at radius 3 is 2.57 bits per heavy atom. The molecule has 0 aromatic heterocycles. The molecule has 0 radical (unpaired) electrons. The molecule has 4 heteroatoms. The van der Waals surface area contributed by atoms with Crippen LogP contribution < -0.4 is 0 Å². The lowest BCUT2D eigenvalue weighted by Gasteiger charge is -2.26. The van der Waals surface area contributed by atoms with Crippen LogP contribution in [0.3, 0.4) is 0 Å². The van der Waals surface area contributed by atoms with Crippen LogP contribution >= 0.6 is 0 Å². The molecule has 4 nitrogen and oxygen atoms in total. The summed E-state index contributed by atoms with van der Waals surface area (Å²) >= 11 is 0. The number of rotatable bonds is 8. The highest BCUT2D eigenvalue weighted by molar-refractivity contribution is 5.67. The lowest BCUT2D eigenvalue weighted by Crippen LogP contribution is -2.37. The SMILES string of the molecule is CCOCCN(CC)C(C)CC(=O)O. The maximum Gasteiger partial charge on any atom is 0.304 e. The van der Waals surface area contributed by atoms with E-state index in [9.17, 15) is 4.79 Å². The van der Waals surface area contributed by atoms with Gasteiger partial charge in [0.25, 0.3) is 0 Å². The van der Waals surface area contributed by atoms with Crippen molar-refractivity contribution in [2.24, 2.45) is 0 Å². The molecule has 0 heterocycles. The van der Waals surface area contributed by atoms with Gasteiger partial charge in [0, 0.05) is 19.2 Å². The summed E-state index contributed by atoms with van der Waals surface area (Å²) in [6, 6.07) is 0.0814. The van der Waals surface area contributed by atoms with Crippen molar-refractivity contribution in [2.75, 3.05) is 26.3 Å². The molecule has 0 amide bonds. The molecule has 1 unspecified atom stereocenters. The van der Waals surface area contributed by atoms with Gasteiger partial charge in [-0.25, -0.2) is 0 Å². The highest BCUT2D eigenvalue weighted by Gasteiger charge is 2.14. The summed E-state index contributed by atoms with van der Waals surface area (Å²) in [5.74, 6) is -0.743. The maximum atomic E-state index is 10.5. The zero-order valence-electron chi connectivity index (χ0n) is 9.32. The van der Waals surface area contributed by atoms with Gasteiger partial charge in [0.1, 0.15) is 0 Å². The molecule has 1 N–H and O–H groups in total. The Morgan fingerprint density at radius 1 is 1.50 bits per heavy atom. The first kappa shape index (κ1) is 13.4. The third kappa shape index (κ3) is 5.94. The first-order valence-electron chi connectivity index (χ1n) is 5.15. The second kappa shape index (κ2) is 7.76. The van der Waals surface area contributed by atoms with E-state index < -0.39 is 5.97 Å². The fourth-order valence-electron chi connectivity index (χ4n) is 1.40. The van der Waals surface area contributed by atoms with Crippen molar-refractivity contribution in [1.29, 1.82) is 0 Å². The van der Waals surface area contributed by atoms with Crippen LogP contribution in [0.2, 0.25) is 0 Å². The number of ether oxygens (including phenoxy) is 1. The molecule has 0 spiro atoms. The average Bonchev–Trinajstić information content (AvgIpc) is 2.11. The second-order valence-corrected chi connectivity index (χ2v) is 3.27. The van der Waals surface area contributed by atoms with Crippen LogP contribution in [0.25, 0.3) is 0 Å². The molecule has 0 saturated carbocycles. The van der Waals surface area contributed by atoms with E-state index in [2.05, 4.69) is 4.90 Å². The third-order valence-electron chi connectivity index (χ3n) is 2.23. The molecule has 0 bridgehead atoms. The van der Waals surface area contributed by atoms with Crippen molar-refractivity contribution in [3.63, 3.8) is 0 Å². The summed E-state index contributed by atoms with van der Waals surface area (Å²) in [7, 11) is 0. The van der Waals surface area contributed by atoms with Crippen LogP contribution in [0.1, 0.15) is 27.2 Å². The van der Waals surface area contributed by atoms with Gasteiger partial charge in [0.15, 0.2) is 0 Å². The molecule has 0 aromatic rings. The standard InChI is InChI=1S/C10H21NO3/c1-4-11(6-7-14-5-2)9(3)8-10(12)13/h9H,4-8H2,1-3H3,(H,12,13). The van der Waals surface area contributed by atoms with E-state index >= 15 is 0 Å². The van der Waals surface area contributed by atoms with E-state index in [0.29, 0.717) is 13.2 Å². The number of carbonyl (C=O) groups is 1. The maximum absolute atomic E-state index is 10.5. The first-order chi connectivity index (χ1) is 6.61. The summed E-state index contributed by atoms with van der Waals surface area (Å²) in [6.45, 7) is 8.98. The van der Waals surface area contributed by atoms with E-state index in [4.69, 9.17) is 9.84 Å². The number of carboxylic acid groups (broad SMARTS) is 1. The predicted molar refractivity (Wildman–Crippen MR) is 55.5 cm³/mol. The molecule has 0 aliphatic rings. The van der Waals surface area contributed by atoms with Gasteiger partial charge in [-0.2, -0.15) is 0 Å². The number of hydrogen-bond donors (Lipinski definition) is 1. The Hall–Kier alpha value is -0.610. The highest BCUT2D eigenvalue weighted by atomic mass is 16.5. The van der Waals surface area contributed by atoms with E-state index in [1.807, 2.05) is 20.8 Å². The number of aliphatic carboxylic acids is 1. The van der Waals surface area contributed by atoms with Crippen LogP contribution in [-0.4, -0.2) is 48.3 Å². The number of nitrogens with zero attached hydrogens (tertiary/aromatic N) is 1. The van der Waals surface area contributed by atoms with E-state index in [1.165, 1.54) is 0 Å². The lowest BCUT2D eigenvalue weighted by atomic mass is 10.2. The minimum absolute atomic E-state index is 0.0814. The van der Waals surface area contributed by atoms with Gasteiger partial charge in [-0.05, 0) is 20.4 Å². The molecular weight excluding hydrogens is 182 g/mol. The zero-order valence-corrected chi connectivity index (χ0v) is 9.32. The van der Waals surface area contributed by atoms with Crippen LogP contribution in [0, 0.1) is 0 Å². The molecule has 84 valence electrons. The molecule has 0 fully saturated rings. The molecule has 1 atom stereocenters. The summed E-state index contributed by atoms with van der Waals surface area (Å²) in [4.78, 5) is 12.6. The van der Waals surface area contributed by atoms with Crippen molar-refractivity contribution in [3.05, 3.63) is 0 Å². The molecule has 0 rings (SSSR count). The van der Waals surface area contributed by atoms with Gasteiger partial charge in [-0.15, -0.1) is 0 Å². The topological polar surface area (TPSA) is 49.8 Å². The highest BCUT2D eigenvalue weighted by Crippen LogP contribution is 2.03. The lowest BCUT2D eigenvalue weighted by molar-refractivity contribution is -0.138. The van der Waals surface area contributed by atoms with Crippen molar-refractivity contribution in [1.82, 2.24) is 4.90 Å². The van der Waals surface area contributed by atoms with Gasteiger partial charge in [0.05, 0.1) is 13.0 Å². The second-order valence-electron chi connectivity index (χ2n) is 3.27. The smallest absolute Gasteiger partial charge is 0.304 e. The summed E-state index contributed by atoms with van der Waals surface area (Å²) in [5, 5.41) is 8.64. The van der Waals surface area contributed by atoms with Crippen LogP contribution in [-0.2, 0) is 9.53 Å². The molecule has 0 aromatic carbocycles. The summed E-state index contributed by atoms with van der Waals surface area (Å²) < 4.78 is 5.23. The summed E-state index contributed by atoms with van der Waals surface area (Å²) in [5.41, 5.74) is 0. The largest absolute Gasteiger partial charge is 0.481 e. The zero-order chi connectivity index (χ0) is 11.0. The van der Waals surface area contributed by atoms with Gasteiger partial charge in [-0.1, -0.05) is 6.92 Å². The van der Waals surface area contributed by atoms with Crippen LogP contribution in [0.4, 0.5) is 0 Å². The quantitative estimate of drug-likeness (QED) is 0.602. The molecule has 0 aliphatic heterocycles. The van der Waals surface area contributed by atoms with Gasteiger partial charge >= 0.3 is 5.97 Å². The Kier molecular flexibility index (Phi) is 7.42. The minimum Gasteiger partial charge on any atom is -0.481 e. The Labute approximate surface area is 85.9 Å². The number of hydrogen-bond acceptors (Lipinski definition) is 3. The van der Waals surface area contributed by atoms with Crippen molar-refractivity contribution in [2.45, 2.75) is 33.2 Å². The normalized spacial score (nSPS) is 13.1. The van der Waals surface area contributed by atoms with Gasteiger partial charge < -0.3 is 9.84 Å². The molecule has 14 heavy (non-hydrogen) atoms. The number of likely N-dealkylation sites (N-methyl/N-ethyl adjacent to an activating group) is 1. The number of carboxylic acids is 1. The Bertz CT molecular complexity index is 161. The summed E-state index contributed by atoms with van der Waals surface area (Å²) in [6.07, 6.45) is 0.194. The minimum atomic E-state index is -0.743. The predicted octanol–water partition coefficient (Wildman–Crippen LogP) is 1.21. The van der Waals surface area contributed by atoms with E-state index in [0.717, 1.165) is 13.1 Å². The van der Waals surface area contributed by atoms with Crippen molar-refractivity contribution < 1.29 is 14.6 Å². The van der Waals surface area contributed by atoms with E-state index in [1.54, 1.807) is 0 Å². The molecule has 0 aliphatic carbocycles. The third-order valence-corrected chi connectivity index (χ3v) is 2.23. The Morgan fingerprint density at radius 2 is 2.14 bits per heavy atom. The Balaban J connectivity index is 3.80. The fourth-order valence-corrected chi connectivity index (χ4v) is 1.40. The van der Waals surface area contributed by atoms with Crippen LogP contribution in [0.15, 0.2) is 0 Å². The molecular formula is C10H21NO3. The van der Waals surface area contributed by atoms with Gasteiger partial charge in [-0.3, -0.25) is 9.69 Å². The molecule has 0 saturated heterocycles.